The van der Waals surface area contributed by atoms with E-state index in [1.54, 1.807) is 0 Å². The summed E-state index contributed by atoms with van der Waals surface area (Å²) in [5.74, 6) is 0. The summed E-state index contributed by atoms with van der Waals surface area (Å²) < 4.78 is 39.8. The normalized spacial score (nSPS) is 11.8. The molecule has 0 radical (unpaired) electrons. The predicted molar refractivity (Wildman–Crippen MR) is 33.5 cm³/mol. The van der Waals surface area contributed by atoms with Gasteiger partial charge in [0, 0.05) is 0 Å². The van der Waals surface area contributed by atoms with Crippen molar-refractivity contribution in [1.82, 2.24) is 0 Å². The largest absolute Gasteiger partial charge is 0.526 e. The lowest BCUT2D eigenvalue weighted by atomic mass is 9.87. The molecule has 1 aromatic rings. The molecule has 0 amide bonds. The van der Waals surface area contributed by atoms with Crippen LogP contribution in [0.2, 0.25) is 0 Å². The van der Waals surface area contributed by atoms with Crippen molar-refractivity contribution in [3.63, 3.8) is 0 Å². The Morgan fingerprint density at radius 2 is 1.92 bits per heavy atom. The van der Waals surface area contributed by atoms with Gasteiger partial charge in [-0.1, -0.05) is 0 Å². The van der Waals surface area contributed by atoms with Crippen LogP contribution in [0.1, 0.15) is 5.56 Å². The molecule has 0 aliphatic carbocycles. The molecular weight excluding hydrogens is 176 g/mol. The molecule has 0 fully saturated rings. The van der Waals surface area contributed by atoms with Crippen LogP contribution in [-0.2, 0) is 6.18 Å². The van der Waals surface area contributed by atoms with E-state index in [2.05, 4.69) is 4.42 Å². The van der Waals surface area contributed by atoms with Gasteiger partial charge in [-0.3, -0.25) is 0 Å². The molecule has 0 aliphatic heterocycles. The Morgan fingerprint density at radius 1 is 1.33 bits per heavy atom. The van der Waals surface area contributed by atoms with Gasteiger partial charge >= 0.3 is 13.3 Å². The third-order valence-corrected chi connectivity index (χ3v) is 1.20. The van der Waals surface area contributed by atoms with Gasteiger partial charge in [0.15, 0.2) is 0 Å². The van der Waals surface area contributed by atoms with E-state index in [4.69, 9.17) is 10.0 Å². The monoisotopic (exact) mass is 180 g/mol. The Kier molecular flexibility index (Phi) is 2.16. The molecule has 3 nitrogen and oxygen atoms in total. The van der Waals surface area contributed by atoms with E-state index in [9.17, 15) is 13.2 Å². The van der Waals surface area contributed by atoms with E-state index in [-0.39, 0.29) is 0 Å². The minimum Gasteiger partial charge on any atom is -0.472 e. The summed E-state index contributed by atoms with van der Waals surface area (Å²) in [6.45, 7) is 0. The van der Waals surface area contributed by atoms with Crippen molar-refractivity contribution in [1.29, 1.82) is 0 Å². The van der Waals surface area contributed by atoms with Crippen LogP contribution in [0.4, 0.5) is 13.2 Å². The molecular formula is C5H4BF3O3. The highest BCUT2D eigenvalue weighted by atomic mass is 19.4. The third-order valence-electron chi connectivity index (χ3n) is 1.20. The molecule has 66 valence electrons. The number of furan rings is 1. The van der Waals surface area contributed by atoms with Crippen LogP contribution in [-0.4, -0.2) is 17.2 Å². The fraction of sp³-hybridized carbons (Fsp3) is 0.200. The van der Waals surface area contributed by atoms with Gasteiger partial charge in [-0.2, -0.15) is 13.2 Å². The fourth-order valence-electron chi connectivity index (χ4n) is 0.637. The van der Waals surface area contributed by atoms with Crippen molar-refractivity contribution in [2.75, 3.05) is 0 Å². The number of alkyl halides is 3. The van der Waals surface area contributed by atoms with Crippen molar-refractivity contribution >= 4 is 12.8 Å². The average molecular weight is 180 g/mol. The van der Waals surface area contributed by atoms with Crippen molar-refractivity contribution in [2.45, 2.75) is 6.18 Å². The van der Waals surface area contributed by atoms with Gasteiger partial charge in [-0.15, -0.1) is 0 Å². The average Bonchev–Trinajstić information content (AvgIpc) is 2.30. The molecule has 0 atom stereocenters. The maximum Gasteiger partial charge on any atom is 0.526 e. The summed E-state index contributed by atoms with van der Waals surface area (Å²) in [5.41, 5.74) is -1.56. The number of hydrogen-bond donors (Lipinski definition) is 2. The second kappa shape index (κ2) is 2.83. The van der Waals surface area contributed by atoms with Crippen LogP contribution in [0.5, 0.6) is 0 Å². The van der Waals surface area contributed by atoms with Crippen molar-refractivity contribution in [3.05, 3.63) is 17.9 Å². The first kappa shape index (κ1) is 9.15. The Balaban J connectivity index is 2.92. The smallest absolute Gasteiger partial charge is 0.472 e. The van der Waals surface area contributed by atoms with Crippen molar-refractivity contribution in [2.24, 2.45) is 0 Å². The maximum atomic E-state index is 11.8. The van der Waals surface area contributed by atoms with E-state index in [0.29, 0.717) is 12.3 Å². The molecule has 7 heteroatoms. The van der Waals surface area contributed by atoms with Crippen LogP contribution < -0.4 is 5.66 Å². The standard InChI is InChI=1S/C5H4BF3O3/c7-5(8,9)3-1-4(6(10)11)12-2-3/h1-2,10-11H. The Morgan fingerprint density at radius 3 is 2.17 bits per heavy atom. The van der Waals surface area contributed by atoms with Crippen LogP contribution in [0.25, 0.3) is 0 Å². The van der Waals surface area contributed by atoms with Gasteiger partial charge in [0.05, 0.1) is 5.56 Å². The first-order valence-corrected chi connectivity index (χ1v) is 2.93. The zero-order valence-corrected chi connectivity index (χ0v) is 5.67. The molecule has 0 saturated heterocycles. The highest BCUT2D eigenvalue weighted by Crippen LogP contribution is 2.28. The predicted octanol–water partition coefficient (Wildman–Crippen LogP) is -0.0218. The summed E-state index contributed by atoms with van der Waals surface area (Å²) in [6, 6.07) is 0.532. The molecule has 0 saturated carbocycles. The minimum absolute atomic E-state index is 0.425. The van der Waals surface area contributed by atoms with Gasteiger partial charge < -0.3 is 14.5 Å². The van der Waals surface area contributed by atoms with Crippen molar-refractivity contribution < 1.29 is 27.6 Å². The first-order valence-electron chi connectivity index (χ1n) is 2.93. The zero-order valence-electron chi connectivity index (χ0n) is 5.67. The lowest BCUT2D eigenvalue weighted by Crippen LogP contribution is -2.28. The Labute approximate surface area is 65.6 Å². The minimum atomic E-state index is -4.52. The zero-order chi connectivity index (χ0) is 9.35. The molecule has 1 rings (SSSR count). The molecule has 0 spiro atoms. The van der Waals surface area contributed by atoms with Gasteiger partial charge in [0.1, 0.15) is 11.9 Å². The number of hydrogen-bond acceptors (Lipinski definition) is 3. The van der Waals surface area contributed by atoms with Gasteiger partial charge in [0.2, 0.25) is 0 Å². The maximum absolute atomic E-state index is 11.8. The lowest BCUT2D eigenvalue weighted by Gasteiger charge is -1.99. The molecule has 12 heavy (non-hydrogen) atoms. The molecule has 2 N–H and O–H groups in total. The summed E-state index contributed by atoms with van der Waals surface area (Å²) in [5, 5.41) is 16.8. The fourth-order valence-corrected chi connectivity index (χ4v) is 0.637. The van der Waals surface area contributed by atoms with E-state index in [1.165, 1.54) is 0 Å². The first-order chi connectivity index (χ1) is 5.41. The SMILES string of the molecule is OB(O)c1cc(C(F)(F)F)co1. The summed E-state index contributed by atoms with van der Waals surface area (Å²) in [7, 11) is -2.01. The molecule has 0 aliphatic rings. The van der Waals surface area contributed by atoms with Gasteiger partial charge in [-0.25, -0.2) is 0 Å². The number of halogens is 3. The van der Waals surface area contributed by atoms with E-state index < -0.39 is 24.5 Å². The molecule has 0 bridgehead atoms. The topological polar surface area (TPSA) is 53.6 Å². The highest BCUT2D eigenvalue weighted by molar-refractivity contribution is 6.57. The van der Waals surface area contributed by atoms with Crippen molar-refractivity contribution in [3.8, 4) is 0 Å². The summed E-state index contributed by atoms with van der Waals surface area (Å²) in [6.07, 6.45) is -4.09. The lowest BCUT2D eigenvalue weighted by molar-refractivity contribution is -0.137. The molecule has 0 aromatic carbocycles. The van der Waals surface area contributed by atoms with E-state index in [1.807, 2.05) is 0 Å². The van der Waals surface area contributed by atoms with E-state index >= 15 is 0 Å². The third kappa shape index (κ3) is 1.80. The van der Waals surface area contributed by atoms with Crippen LogP contribution in [0.3, 0.4) is 0 Å². The van der Waals surface area contributed by atoms with Gasteiger partial charge in [-0.05, 0) is 6.07 Å². The van der Waals surface area contributed by atoms with Crippen LogP contribution >= 0.6 is 0 Å². The van der Waals surface area contributed by atoms with Gasteiger partial charge in [0.25, 0.3) is 0 Å². The second-order valence-electron chi connectivity index (χ2n) is 2.11. The molecule has 1 aromatic heterocycles. The second-order valence-corrected chi connectivity index (χ2v) is 2.11. The Bertz CT molecular complexity index is 267. The van der Waals surface area contributed by atoms with Crippen LogP contribution in [0.15, 0.2) is 16.7 Å². The highest BCUT2D eigenvalue weighted by Gasteiger charge is 2.34. The number of rotatable bonds is 1. The summed E-state index contributed by atoms with van der Waals surface area (Å²) >= 11 is 0. The molecule has 1 heterocycles. The van der Waals surface area contributed by atoms with Crippen LogP contribution in [0, 0.1) is 0 Å². The molecule has 0 unspecified atom stereocenters. The Hall–Kier alpha value is -0.945. The summed E-state index contributed by atoms with van der Waals surface area (Å²) in [4.78, 5) is 0. The van der Waals surface area contributed by atoms with E-state index in [0.717, 1.165) is 0 Å². The quantitative estimate of drug-likeness (QED) is 0.597.